The summed E-state index contributed by atoms with van der Waals surface area (Å²) in [6.45, 7) is 4.09. The van der Waals surface area contributed by atoms with Crippen LogP contribution in [0.15, 0.2) is 194 Å². The van der Waals surface area contributed by atoms with E-state index >= 15 is 0 Å². The van der Waals surface area contributed by atoms with Crippen LogP contribution in [0.3, 0.4) is 0 Å². The summed E-state index contributed by atoms with van der Waals surface area (Å²) in [6, 6.07) is 68.0. The number of fused-ring (bicyclic) bond motifs is 3. The van der Waals surface area contributed by atoms with Gasteiger partial charge >= 0.3 is 0 Å². The largest absolute Gasteiger partial charge is 0.228 e. The normalized spacial score (nSPS) is 13.0. The van der Waals surface area contributed by atoms with Gasteiger partial charge in [-0.15, -0.1) is 0 Å². The molecule has 1 aliphatic carbocycles. The second kappa shape index (κ2) is 13.5. The summed E-state index contributed by atoms with van der Waals surface area (Å²) in [4.78, 5) is 9.92. The van der Waals surface area contributed by atoms with E-state index in [0.717, 1.165) is 45.0 Å². The van der Waals surface area contributed by atoms with Crippen LogP contribution in [0, 0.1) is 0 Å². The highest BCUT2D eigenvalue weighted by atomic mass is 14.9. The molecule has 0 atom stereocenters. The van der Waals surface area contributed by atoms with Crippen molar-refractivity contribution in [3.05, 3.63) is 222 Å². The van der Waals surface area contributed by atoms with Gasteiger partial charge in [0.15, 0.2) is 5.82 Å². The highest BCUT2D eigenvalue weighted by molar-refractivity contribution is 5.88. The standard InChI is InChI=1S/C51H38N2/c1-3-35(2)50-52-48(38-16-7-4-8-17-38)34-49(53-50)41-19-15-18-39(32-41)36-26-28-37(29-27-36)40-30-31-45-44-24-13-14-25-46(44)51(47(45)33-40,42-20-9-5-10-21-42)43-22-11-6-12-23-43/h3-34H,1-2H3/b35-3+. The molecule has 0 bridgehead atoms. The van der Waals surface area contributed by atoms with Crippen LogP contribution in [0.1, 0.15) is 41.9 Å². The van der Waals surface area contributed by atoms with Gasteiger partial charge in [-0.25, -0.2) is 9.97 Å². The Bertz CT molecular complexity index is 2560. The van der Waals surface area contributed by atoms with E-state index < -0.39 is 5.41 Å². The molecule has 252 valence electrons. The molecule has 2 heteroatoms. The number of hydrogen-bond acceptors (Lipinski definition) is 2. The van der Waals surface area contributed by atoms with Gasteiger partial charge in [0.25, 0.3) is 0 Å². The maximum absolute atomic E-state index is 5.01. The lowest BCUT2D eigenvalue weighted by Gasteiger charge is -2.34. The lowest BCUT2D eigenvalue weighted by molar-refractivity contribution is 0.769. The average molecular weight is 679 g/mol. The van der Waals surface area contributed by atoms with Crippen molar-refractivity contribution in [2.45, 2.75) is 19.3 Å². The van der Waals surface area contributed by atoms with Crippen LogP contribution in [0.2, 0.25) is 0 Å². The molecule has 0 N–H and O–H groups in total. The summed E-state index contributed by atoms with van der Waals surface area (Å²) >= 11 is 0. The highest BCUT2D eigenvalue weighted by Gasteiger charge is 2.46. The molecule has 0 unspecified atom stereocenters. The molecule has 1 aliphatic rings. The van der Waals surface area contributed by atoms with Crippen LogP contribution < -0.4 is 0 Å². The van der Waals surface area contributed by atoms with E-state index in [9.17, 15) is 0 Å². The van der Waals surface area contributed by atoms with Gasteiger partial charge in [-0.1, -0.05) is 176 Å². The van der Waals surface area contributed by atoms with E-state index in [0.29, 0.717) is 0 Å². The summed E-state index contributed by atoms with van der Waals surface area (Å²) in [5.74, 6) is 0.750. The molecule has 0 saturated heterocycles. The molecule has 1 heterocycles. The van der Waals surface area contributed by atoms with Crippen molar-refractivity contribution in [1.82, 2.24) is 9.97 Å². The summed E-state index contributed by atoms with van der Waals surface area (Å²) in [5, 5.41) is 0. The van der Waals surface area contributed by atoms with E-state index in [1.165, 1.54) is 44.5 Å². The first kappa shape index (κ1) is 32.3. The van der Waals surface area contributed by atoms with Gasteiger partial charge in [-0.3, -0.25) is 0 Å². The van der Waals surface area contributed by atoms with E-state index in [1.54, 1.807) is 0 Å². The predicted octanol–water partition coefficient (Wildman–Crippen LogP) is 12.9. The van der Waals surface area contributed by atoms with Gasteiger partial charge in [0.2, 0.25) is 0 Å². The van der Waals surface area contributed by atoms with Crippen molar-refractivity contribution in [2.75, 3.05) is 0 Å². The third-order valence-electron chi connectivity index (χ3n) is 10.7. The van der Waals surface area contributed by atoms with E-state index in [4.69, 9.17) is 9.97 Å². The fourth-order valence-electron chi connectivity index (χ4n) is 7.99. The zero-order valence-corrected chi connectivity index (χ0v) is 29.9. The molecule has 0 aliphatic heterocycles. The van der Waals surface area contributed by atoms with E-state index in [-0.39, 0.29) is 0 Å². The van der Waals surface area contributed by atoms with Crippen molar-refractivity contribution >= 4 is 5.57 Å². The van der Waals surface area contributed by atoms with Gasteiger partial charge in [0.1, 0.15) is 0 Å². The fraction of sp³-hybridized carbons (Fsp3) is 0.0588. The molecule has 0 amide bonds. The maximum atomic E-state index is 5.01. The molecule has 0 saturated carbocycles. The zero-order valence-electron chi connectivity index (χ0n) is 29.9. The minimum absolute atomic E-state index is 0.419. The fourth-order valence-corrected chi connectivity index (χ4v) is 7.99. The van der Waals surface area contributed by atoms with E-state index in [1.807, 2.05) is 25.1 Å². The first-order valence-corrected chi connectivity index (χ1v) is 18.3. The number of benzene rings is 7. The first-order chi connectivity index (χ1) is 26.1. The Morgan fingerprint density at radius 3 is 1.55 bits per heavy atom. The molecule has 1 aromatic heterocycles. The molecular weight excluding hydrogens is 641 g/mol. The van der Waals surface area contributed by atoms with Crippen molar-refractivity contribution in [1.29, 1.82) is 0 Å². The predicted molar refractivity (Wildman–Crippen MR) is 220 cm³/mol. The molecule has 0 fully saturated rings. The number of rotatable bonds is 7. The Kier molecular flexibility index (Phi) is 8.21. The summed E-state index contributed by atoms with van der Waals surface area (Å²) in [6.07, 6.45) is 2.06. The SMILES string of the molecule is C/C=C(\C)c1nc(-c2ccccc2)cc(-c2cccc(-c3ccc(-c4ccc5c(c4)C(c4ccccc4)(c4ccccc4)c4ccccc4-5)cc3)c2)n1. The van der Waals surface area contributed by atoms with E-state index in [2.05, 4.69) is 183 Å². The Morgan fingerprint density at radius 2 is 0.906 bits per heavy atom. The maximum Gasteiger partial charge on any atom is 0.155 e. The number of aromatic nitrogens is 2. The summed E-state index contributed by atoms with van der Waals surface area (Å²) in [7, 11) is 0. The van der Waals surface area contributed by atoms with Gasteiger partial charge in [0, 0.05) is 11.1 Å². The van der Waals surface area contributed by atoms with Crippen LogP contribution in [-0.4, -0.2) is 9.97 Å². The molecular formula is C51H38N2. The Labute approximate surface area is 311 Å². The monoisotopic (exact) mass is 678 g/mol. The minimum Gasteiger partial charge on any atom is -0.228 e. The second-order valence-corrected chi connectivity index (χ2v) is 13.7. The minimum atomic E-state index is -0.419. The zero-order chi connectivity index (χ0) is 35.8. The van der Waals surface area contributed by atoms with Crippen molar-refractivity contribution in [3.8, 4) is 55.9 Å². The lowest BCUT2D eigenvalue weighted by atomic mass is 9.67. The molecule has 53 heavy (non-hydrogen) atoms. The molecule has 2 nitrogen and oxygen atoms in total. The van der Waals surface area contributed by atoms with Crippen LogP contribution in [-0.2, 0) is 5.41 Å². The van der Waals surface area contributed by atoms with Crippen LogP contribution >= 0.6 is 0 Å². The lowest BCUT2D eigenvalue weighted by Crippen LogP contribution is -2.28. The highest BCUT2D eigenvalue weighted by Crippen LogP contribution is 2.56. The number of nitrogens with zero attached hydrogens (tertiary/aromatic N) is 2. The van der Waals surface area contributed by atoms with Gasteiger partial charge in [-0.2, -0.15) is 0 Å². The Balaban J connectivity index is 1.11. The molecule has 8 aromatic rings. The molecule has 7 aromatic carbocycles. The number of hydrogen-bond donors (Lipinski definition) is 0. The van der Waals surface area contributed by atoms with Crippen LogP contribution in [0.25, 0.3) is 61.5 Å². The second-order valence-electron chi connectivity index (χ2n) is 13.7. The Hall–Kier alpha value is -6.64. The summed E-state index contributed by atoms with van der Waals surface area (Å²) < 4.78 is 0. The number of allylic oxidation sites excluding steroid dienone is 2. The quantitative estimate of drug-likeness (QED) is 0.168. The van der Waals surface area contributed by atoms with Gasteiger partial charge in [0.05, 0.1) is 16.8 Å². The van der Waals surface area contributed by atoms with Crippen molar-refractivity contribution in [3.63, 3.8) is 0 Å². The summed E-state index contributed by atoms with van der Waals surface area (Å²) in [5.41, 5.74) is 17.1. The Morgan fingerprint density at radius 1 is 0.415 bits per heavy atom. The molecule has 9 rings (SSSR count). The van der Waals surface area contributed by atoms with Gasteiger partial charge < -0.3 is 0 Å². The molecule has 0 spiro atoms. The third kappa shape index (κ3) is 5.60. The van der Waals surface area contributed by atoms with Crippen LogP contribution in [0.5, 0.6) is 0 Å². The van der Waals surface area contributed by atoms with Crippen molar-refractivity contribution < 1.29 is 0 Å². The average Bonchev–Trinajstić information content (AvgIpc) is 3.54. The topological polar surface area (TPSA) is 25.8 Å². The van der Waals surface area contributed by atoms with Crippen LogP contribution in [0.4, 0.5) is 0 Å². The molecule has 0 radical (unpaired) electrons. The van der Waals surface area contributed by atoms with Crippen molar-refractivity contribution in [2.24, 2.45) is 0 Å². The smallest absolute Gasteiger partial charge is 0.155 e. The van der Waals surface area contributed by atoms with Gasteiger partial charge in [-0.05, 0) is 93.3 Å². The first-order valence-electron chi connectivity index (χ1n) is 18.3. The third-order valence-corrected chi connectivity index (χ3v) is 10.7.